The molecular weight excluding hydrogens is 356 g/mol. The Morgan fingerprint density at radius 2 is 2.14 bits per heavy atom. The second-order valence-electron chi connectivity index (χ2n) is 7.71. The maximum Gasteiger partial charge on any atom is 0.272 e. The lowest BCUT2D eigenvalue weighted by Crippen LogP contribution is -2.41. The number of carbonyl (C=O) groups excluding carboxylic acids is 1. The van der Waals surface area contributed by atoms with Gasteiger partial charge in [0.1, 0.15) is 5.69 Å². The number of hydrogen-bond acceptors (Lipinski definition) is 6. The van der Waals surface area contributed by atoms with Crippen molar-refractivity contribution < 1.29 is 14.3 Å². The van der Waals surface area contributed by atoms with Gasteiger partial charge in [-0.3, -0.25) is 14.8 Å². The second-order valence-corrected chi connectivity index (χ2v) is 7.71. The van der Waals surface area contributed by atoms with E-state index in [9.17, 15) is 4.79 Å². The maximum absolute atomic E-state index is 13.0. The Morgan fingerprint density at radius 1 is 1.29 bits per heavy atom. The van der Waals surface area contributed by atoms with E-state index in [1.165, 1.54) is 0 Å². The lowest BCUT2D eigenvalue weighted by molar-refractivity contribution is 0.0255. The molecule has 5 heterocycles. The molecule has 0 aliphatic carbocycles. The number of likely N-dealkylation sites (tertiary alicyclic amines) is 1. The highest BCUT2D eigenvalue weighted by Gasteiger charge is 2.42. The van der Waals surface area contributed by atoms with Crippen LogP contribution in [0, 0.1) is 0 Å². The van der Waals surface area contributed by atoms with E-state index >= 15 is 0 Å². The van der Waals surface area contributed by atoms with Gasteiger partial charge in [-0.2, -0.15) is 0 Å². The SMILES string of the molecule is CC(C)Oc1nccc2c1C(c1ccnc(C(=O)N3C[C@@H]4C[C@H]3CO4)c1)=NC2. The molecule has 0 aromatic carbocycles. The van der Waals surface area contributed by atoms with E-state index in [4.69, 9.17) is 14.5 Å². The van der Waals surface area contributed by atoms with Crippen molar-refractivity contribution in [3.63, 3.8) is 0 Å². The van der Waals surface area contributed by atoms with Crippen LogP contribution in [0.15, 0.2) is 35.6 Å². The summed E-state index contributed by atoms with van der Waals surface area (Å²) in [6.07, 6.45) is 4.54. The van der Waals surface area contributed by atoms with Gasteiger partial charge in [0.25, 0.3) is 5.91 Å². The monoisotopic (exact) mass is 378 g/mol. The summed E-state index contributed by atoms with van der Waals surface area (Å²) in [5.41, 5.74) is 4.10. The topological polar surface area (TPSA) is 76.9 Å². The van der Waals surface area contributed by atoms with Gasteiger partial charge in [-0.1, -0.05) is 0 Å². The Hall–Kier alpha value is -2.80. The maximum atomic E-state index is 13.0. The van der Waals surface area contributed by atoms with E-state index < -0.39 is 0 Å². The van der Waals surface area contributed by atoms with Crippen molar-refractivity contribution >= 4 is 11.6 Å². The fourth-order valence-electron chi connectivity index (χ4n) is 4.15. The highest BCUT2D eigenvalue weighted by Crippen LogP contribution is 2.31. The van der Waals surface area contributed by atoms with E-state index in [0.717, 1.165) is 28.8 Å². The molecule has 0 unspecified atom stereocenters. The number of nitrogens with zero attached hydrogens (tertiary/aromatic N) is 4. The quantitative estimate of drug-likeness (QED) is 0.815. The van der Waals surface area contributed by atoms with E-state index in [2.05, 4.69) is 9.97 Å². The number of aliphatic imine (C=N–C) groups is 1. The molecule has 2 fully saturated rings. The highest BCUT2D eigenvalue weighted by molar-refractivity contribution is 6.17. The average molecular weight is 378 g/mol. The summed E-state index contributed by atoms with van der Waals surface area (Å²) in [7, 11) is 0. The number of hydrogen-bond donors (Lipinski definition) is 0. The summed E-state index contributed by atoms with van der Waals surface area (Å²) in [5, 5.41) is 0. The summed E-state index contributed by atoms with van der Waals surface area (Å²) in [6.45, 7) is 5.81. The van der Waals surface area contributed by atoms with Crippen molar-refractivity contribution in [3.8, 4) is 5.88 Å². The average Bonchev–Trinajstić information content (AvgIpc) is 3.42. The Bertz CT molecular complexity index is 972. The highest BCUT2D eigenvalue weighted by atomic mass is 16.5. The number of ether oxygens (including phenoxy) is 2. The molecule has 1 amide bonds. The molecule has 2 atom stereocenters. The zero-order chi connectivity index (χ0) is 19.3. The van der Waals surface area contributed by atoms with Gasteiger partial charge in [0, 0.05) is 24.5 Å². The first-order valence-electron chi connectivity index (χ1n) is 9.68. The van der Waals surface area contributed by atoms with E-state index in [1.54, 1.807) is 12.4 Å². The number of rotatable bonds is 4. The molecule has 3 aliphatic heterocycles. The van der Waals surface area contributed by atoms with Crippen LogP contribution in [0.1, 0.15) is 47.4 Å². The molecule has 2 aromatic heterocycles. The van der Waals surface area contributed by atoms with Gasteiger partial charge in [-0.15, -0.1) is 0 Å². The zero-order valence-corrected chi connectivity index (χ0v) is 16.0. The number of carbonyl (C=O) groups is 1. The van der Waals surface area contributed by atoms with E-state index in [-0.39, 0.29) is 24.2 Å². The van der Waals surface area contributed by atoms with Gasteiger partial charge < -0.3 is 14.4 Å². The Morgan fingerprint density at radius 3 is 2.89 bits per heavy atom. The number of morpholine rings is 1. The predicted molar refractivity (Wildman–Crippen MR) is 103 cm³/mol. The summed E-state index contributed by atoms with van der Waals surface area (Å²) >= 11 is 0. The number of amides is 1. The largest absolute Gasteiger partial charge is 0.474 e. The summed E-state index contributed by atoms with van der Waals surface area (Å²) in [6, 6.07) is 5.85. The molecule has 2 saturated heterocycles. The molecule has 28 heavy (non-hydrogen) atoms. The molecule has 0 N–H and O–H groups in total. The molecule has 7 nitrogen and oxygen atoms in total. The molecule has 0 radical (unpaired) electrons. The van der Waals surface area contributed by atoms with Crippen molar-refractivity contribution in [2.24, 2.45) is 4.99 Å². The van der Waals surface area contributed by atoms with Crippen LogP contribution in [0.5, 0.6) is 5.88 Å². The lowest BCUT2D eigenvalue weighted by Gasteiger charge is -2.26. The van der Waals surface area contributed by atoms with Crippen molar-refractivity contribution in [1.29, 1.82) is 0 Å². The first kappa shape index (κ1) is 17.3. The van der Waals surface area contributed by atoms with Crippen molar-refractivity contribution in [3.05, 3.63) is 53.0 Å². The Kier molecular flexibility index (Phi) is 4.12. The lowest BCUT2D eigenvalue weighted by atomic mass is 10.0. The van der Waals surface area contributed by atoms with Crippen LogP contribution in [0.2, 0.25) is 0 Å². The van der Waals surface area contributed by atoms with E-state index in [0.29, 0.717) is 31.3 Å². The number of fused-ring (bicyclic) bond motifs is 3. The van der Waals surface area contributed by atoms with Gasteiger partial charge in [-0.25, -0.2) is 4.98 Å². The predicted octanol–water partition coefficient (Wildman–Crippen LogP) is 2.23. The third-order valence-electron chi connectivity index (χ3n) is 5.41. The van der Waals surface area contributed by atoms with Crippen LogP contribution in [-0.4, -0.2) is 57.9 Å². The van der Waals surface area contributed by atoms with Gasteiger partial charge in [0.15, 0.2) is 0 Å². The van der Waals surface area contributed by atoms with Crippen LogP contribution >= 0.6 is 0 Å². The van der Waals surface area contributed by atoms with Crippen LogP contribution in [0.4, 0.5) is 0 Å². The Labute approximate surface area is 163 Å². The fraction of sp³-hybridized carbons (Fsp3) is 0.429. The third kappa shape index (κ3) is 2.86. The van der Waals surface area contributed by atoms with Crippen LogP contribution < -0.4 is 4.74 Å². The molecule has 0 saturated carbocycles. The molecule has 3 aliphatic rings. The number of aromatic nitrogens is 2. The smallest absolute Gasteiger partial charge is 0.272 e. The van der Waals surface area contributed by atoms with Gasteiger partial charge in [0.2, 0.25) is 5.88 Å². The van der Waals surface area contributed by atoms with E-state index in [1.807, 2.05) is 36.9 Å². The molecule has 2 bridgehead atoms. The van der Waals surface area contributed by atoms with Gasteiger partial charge in [-0.05, 0) is 44.0 Å². The van der Waals surface area contributed by atoms with Crippen LogP contribution in [0.3, 0.4) is 0 Å². The molecule has 2 aromatic rings. The van der Waals surface area contributed by atoms with Gasteiger partial charge in [0.05, 0.1) is 42.7 Å². The normalized spacial score (nSPS) is 22.5. The third-order valence-corrected chi connectivity index (χ3v) is 5.41. The molecule has 0 spiro atoms. The van der Waals surface area contributed by atoms with Crippen molar-refractivity contribution in [1.82, 2.24) is 14.9 Å². The van der Waals surface area contributed by atoms with Crippen molar-refractivity contribution in [2.45, 2.75) is 45.1 Å². The fourth-order valence-corrected chi connectivity index (χ4v) is 4.15. The standard InChI is InChI=1S/C21H22N4O3/c1-12(2)28-20-18-14(4-6-23-20)9-24-19(18)13-3-5-22-17(7-13)21(26)25-10-16-8-15(25)11-27-16/h3-7,12,15-16H,8-11H2,1-2H3/t15-,16-/m0/s1. The molecule has 144 valence electrons. The molecule has 7 heteroatoms. The summed E-state index contributed by atoms with van der Waals surface area (Å²) < 4.78 is 11.5. The van der Waals surface area contributed by atoms with Crippen LogP contribution in [-0.2, 0) is 11.3 Å². The Balaban J connectivity index is 1.47. The first-order valence-corrected chi connectivity index (χ1v) is 9.68. The summed E-state index contributed by atoms with van der Waals surface area (Å²) in [5.74, 6) is 0.545. The number of pyridine rings is 2. The van der Waals surface area contributed by atoms with Gasteiger partial charge >= 0.3 is 0 Å². The minimum Gasteiger partial charge on any atom is -0.474 e. The summed E-state index contributed by atoms with van der Waals surface area (Å²) in [4.78, 5) is 28.3. The minimum atomic E-state index is -0.0405. The first-order chi connectivity index (χ1) is 13.6. The van der Waals surface area contributed by atoms with Crippen molar-refractivity contribution in [2.75, 3.05) is 13.2 Å². The molecular formula is C21H22N4O3. The molecule has 5 rings (SSSR count). The minimum absolute atomic E-state index is 0.0169. The van der Waals surface area contributed by atoms with Crippen LogP contribution in [0.25, 0.3) is 0 Å². The zero-order valence-electron chi connectivity index (χ0n) is 16.0. The second kappa shape index (κ2) is 6.67.